The predicted molar refractivity (Wildman–Crippen MR) is 94.8 cm³/mol. The maximum Gasteiger partial charge on any atom is 0.263 e. The molecule has 1 aliphatic rings. The number of benzene rings is 1. The van der Waals surface area contributed by atoms with E-state index in [1.54, 1.807) is 41.9 Å². The van der Waals surface area contributed by atoms with Crippen molar-refractivity contribution in [2.24, 2.45) is 0 Å². The fraction of sp³-hybridized carbons (Fsp3) is 0.375. The Kier molecular flexibility index (Phi) is 5.01. The quantitative estimate of drug-likeness (QED) is 0.854. The Hall–Kier alpha value is -2.06. The lowest BCUT2D eigenvalue weighted by Crippen LogP contribution is -2.23. The first-order valence-electron chi connectivity index (χ1n) is 7.77. The van der Waals surface area contributed by atoms with Gasteiger partial charge in [-0.2, -0.15) is 5.10 Å². The summed E-state index contributed by atoms with van der Waals surface area (Å²) >= 11 is 5.80. The van der Waals surface area contributed by atoms with Crippen molar-refractivity contribution in [3.05, 3.63) is 41.0 Å². The zero-order valence-corrected chi connectivity index (χ0v) is 15.2. The van der Waals surface area contributed by atoms with Gasteiger partial charge < -0.3 is 10.1 Å². The van der Waals surface area contributed by atoms with Crippen molar-refractivity contribution in [3.63, 3.8) is 0 Å². The van der Waals surface area contributed by atoms with Crippen LogP contribution in [-0.4, -0.2) is 42.2 Å². The van der Waals surface area contributed by atoms with Crippen molar-refractivity contribution in [2.75, 3.05) is 23.4 Å². The van der Waals surface area contributed by atoms with E-state index in [-0.39, 0.29) is 30.1 Å². The molecule has 0 radical (unpaired) electrons. The average molecular weight is 384 g/mol. The first-order valence-corrected chi connectivity index (χ1v) is 9.97. The van der Waals surface area contributed by atoms with E-state index in [1.807, 2.05) is 0 Å². The number of amides is 1. The van der Waals surface area contributed by atoms with Crippen LogP contribution in [0.5, 0.6) is 5.75 Å². The summed E-state index contributed by atoms with van der Waals surface area (Å²) in [6, 6.07) is 8.15. The maximum atomic E-state index is 12.1. The van der Waals surface area contributed by atoms with Gasteiger partial charge in [-0.3, -0.25) is 4.79 Å². The van der Waals surface area contributed by atoms with E-state index in [9.17, 15) is 13.2 Å². The third-order valence-electron chi connectivity index (χ3n) is 3.86. The van der Waals surface area contributed by atoms with Gasteiger partial charge in [-0.1, -0.05) is 11.6 Å². The van der Waals surface area contributed by atoms with Gasteiger partial charge in [0.2, 0.25) is 0 Å². The molecule has 1 aromatic heterocycles. The zero-order chi connectivity index (χ0) is 18.0. The molecule has 1 amide bonds. The molecule has 0 aliphatic carbocycles. The fourth-order valence-electron chi connectivity index (χ4n) is 2.72. The molecule has 2 heterocycles. The van der Waals surface area contributed by atoms with Gasteiger partial charge >= 0.3 is 0 Å². The second-order valence-electron chi connectivity index (χ2n) is 5.96. The maximum absolute atomic E-state index is 12.1. The second kappa shape index (κ2) is 7.05. The molecule has 1 saturated heterocycles. The molecule has 0 unspecified atom stereocenters. The van der Waals surface area contributed by atoms with Gasteiger partial charge in [0, 0.05) is 11.1 Å². The largest absolute Gasteiger partial charge is 0.484 e. The summed E-state index contributed by atoms with van der Waals surface area (Å²) in [5.74, 6) is 0.842. The average Bonchev–Trinajstić information content (AvgIpc) is 3.08. The monoisotopic (exact) mass is 383 g/mol. The van der Waals surface area contributed by atoms with Gasteiger partial charge in [0.05, 0.1) is 23.2 Å². The van der Waals surface area contributed by atoms with E-state index in [0.29, 0.717) is 28.7 Å². The number of sulfone groups is 1. The minimum absolute atomic E-state index is 0.0399. The summed E-state index contributed by atoms with van der Waals surface area (Å²) in [5, 5.41) is 7.64. The van der Waals surface area contributed by atoms with E-state index in [2.05, 4.69) is 10.4 Å². The summed E-state index contributed by atoms with van der Waals surface area (Å²) < 4.78 is 30.3. The second-order valence-corrected chi connectivity index (χ2v) is 8.63. The molecular formula is C16H18ClN3O4S. The van der Waals surface area contributed by atoms with Crippen molar-refractivity contribution < 1.29 is 17.9 Å². The number of hydrogen-bond donors (Lipinski definition) is 1. The summed E-state index contributed by atoms with van der Waals surface area (Å²) in [5.41, 5.74) is 0.707. The van der Waals surface area contributed by atoms with Crippen molar-refractivity contribution in [1.82, 2.24) is 9.78 Å². The third kappa shape index (κ3) is 4.52. The van der Waals surface area contributed by atoms with Gasteiger partial charge in [0.1, 0.15) is 11.6 Å². The van der Waals surface area contributed by atoms with Gasteiger partial charge in [-0.15, -0.1) is 0 Å². The molecule has 7 nitrogen and oxygen atoms in total. The third-order valence-corrected chi connectivity index (χ3v) is 5.87. The summed E-state index contributed by atoms with van der Waals surface area (Å²) in [6.07, 6.45) is 0.494. The number of rotatable bonds is 5. The lowest BCUT2D eigenvalue weighted by molar-refractivity contribution is -0.118. The molecule has 1 atom stereocenters. The summed E-state index contributed by atoms with van der Waals surface area (Å²) in [7, 11) is -3.04. The molecule has 2 aromatic rings. The Balaban J connectivity index is 1.64. The topological polar surface area (TPSA) is 90.3 Å². The molecule has 1 N–H and O–H groups in total. The molecule has 1 aromatic carbocycles. The highest BCUT2D eigenvalue weighted by atomic mass is 35.5. The van der Waals surface area contributed by atoms with Crippen LogP contribution in [0.2, 0.25) is 5.02 Å². The highest BCUT2D eigenvalue weighted by Crippen LogP contribution is 2.27. The smallest absolute Gasteiger partial charge is 0.263 e. The number of hydrogen-bond acceptors (Lipinski definition) is 5. The van der Waals surface area contributed by atoms with Crippen molar-refractivity contribution in [3.8, 4) is 5.75 Å². The number of carbonyl (C=O) groups excluding carboxylic acids is 1. The van der Waals surface area contributed by atoms with Crippen LogP contribution in [0.3, 0.4) is 0 Å². The minimum Gasteiger partial charge on any atom is -0.484 e. The number of anilines is 1. The molecule has 9 heteroatoms. The Bertz CT molecular complexity index is 877. The number of halogens is 1. The van der Waals surface area contributed by atoms with Gasteiger partial charge in [0.25, 0.3) is 5.91 Å². The number of nitrogens with zero attached hydrogens (tertiary/aromatic N) is 2. The standard InChI is InChI=1S/C16H18ClN3O4S/c1-11-8-15(20(19-11)13-6-7-25(22,23)10-13)18-16(21)9-24-14-4-2-12(17)3-5-14/h2-5,8,13H,6-7,9-10H2,1H3,(H,18,21)/t13-/m1/s1. The number of carbonyl (C=O) groups is 1. The van der Waals surface area contributed by atoms with Crippen LogP contribution in [0.1, 0.15) is 18.2 Å². The Morgan fingerprint density at radius 2 is 2.12 bits per heavy atom. The minimum atomic E-state index is -3.04. The van der Waals surface area contributed by atoms with Crippen LogP contribution in [0.4, 0.5) is 5.82 Å². The van der Waals surface area contributed by atoms with Crippen LogP contribution in [0.15, 0.2) is 30.3 Å². The van der Waals surface area contributed by atoms with Gasteiger partial charge in [-0.05, 0) is 37.6 Å². The van der Waals surface area contributed by atoms with Crippen molar-refractivity contribution >= 4 is 33.2 Å². The van der Waals surface area contributed by atoms with Crippen LogP contribution in [-0.2, 0) is 14.6 Å². The van der Waals surface area contributed by atoms with Crippen molar-refractivity contribution in [2.45, 2.75) is 19.4 Å². The van der Waals surface area contributed by atoms with Crippen LogP contribution >= 0.6 is 11.6 Å². The molecule has 1 aliphatic heterocycles. The van der Waals surface area contributed by atoms with E-state index >= 15 is 0 Å². The van der Waals surface area contributed by atoms with E-state index in [0.717, 1.165) is 0 Å². The first kappa shape index (κ1) is 17.8. The lowest BCUT2D eigenvalue weighted by Gasteiger charge is -2.14. The highest BCUT2D eigenvalue weighted by molar-refractivity contribution is 7.91. The summed E-state index contributed by atoms with van der Waals surface area (Å²) in [6.45, 7) is 1.62. The normalized spacial score (nSPS) is 18.9. The van der Waals surface area contributed by atoms with Gasteiger partial charge in [0.15, 0.2) is 16.4 Å². The molecule has 0 saturated carbocycles. The first-order chi connectivity index (χ1) is 11.8. The molecule has 0 bridgehead atoms. The summed E-state index contributed by atoms with van der Waals surface area (Å²) in [4.78, 5) is 12.1. The molecule has 1 fully saturated rings. The molecule has 134 valence electrons. The number of aromatic nitrogens is 2. The van der Waals surface area contributed by atoms with Crippen LogP contribution < -0.4 is 10.1 Å². The van der Waals surface area contributed by atoms with Gasteiger partial charge in [-0.25, -0.2) is 13.1 Å². The van der Waals surface area contributed by atoms with E-state index in [4.69, 9.17) is 16.3 Å². The zero-order valence-electron chi connectivity index (χ0n) is 13.6. The SMILES string of the molecule is Cc1cc(NC(=O)COc2ccc(Cl)cc2)n([C@@H]2CCS(=O)(=O)C2)n1. The molecular weight excluding hydrogens is 366 g/mol. The predicted octanol–water partition coefficient (Wildman–Crippen LogP) is 2.22. The highest BCUT2D eigenvalue weighted by Gasteiger charge is 2.31. The molecule has 3 rings (SSSR count). The number of ether oxygens (including phenoxy) is 1. The van der Waals surface area contributed by atoms with E-state index < -0.39 is 9.84 Å². The van der Waals surface area contributed by atoms with Crippen LogP contribution in [0, 0.1) is 6.92 Å². The number of nitrogens with one attached hydrogen (secondary N) is 1. The lowest BCUT2D eigenvalue weighted by atomic mass is 10.3. The van der Waals surface area contributed by atoms with Crippen molar-refractivity contribution in [1.29, 1.82) is 0 Å². The fourth-order valence-corrected chi connectivity index (χ4v) is 4.53. The van der Waals surface area contributed by atoms with E-state index in [1.165, 1.54) is 0 Å². The Labute approximate surface area is 150 Å². The number of aryl methyl sites for hydroxylation is 1. The van der Waals surface area contributed by atoms with Crippen LogP contribution in [0.25, 0.3) is 0 Å². The molecule has 0 spiro atoms. The Morgan fingerprint density at radius 1 is 1.40 bits per heavy atom. The molecule has 25 heavy (non-hydrogen) atoms. The Morgan fingerprint density at radius 3 is 2.76 bits per heavy atom.